The summed E-state index contributed by atoms with van der Waals surface area (Å²) in [5, 5.41) is 12.3. The van der Waals surface area contributed by atoms with Crippen molar-refractivity contribution in [3.63, 3.8) is 0 Å². The van der Waals surface area contributed by atoms with Gasteiger partial charge in [-0.1, -0.05) is 0 Å². The van der Waals surface area contributed by atoms with Gasteiger partial charge in [-0.3, -0.25) is 24.5 Å². The van der Waals surface area contributed by atoms with Crippen LogP contribution in [0, 0.1) is 10.1 Å². The SMILES string of the molecule is CON(C=O)CC1=C(N2CCCC2=O)c2cc([N+](=O)[O-])ccc2OC1(C)C. The largest absolute Gasteiger partial charge is 0.483 e. The maximum atomic E-state index is 12.5. The molecule has 27 heavy (non-hydrogen) atoms. The molecular formula is C18H21N3O6. The molecule has 2 aliphatic rings. The number of benzene rings is 1. The van der Waals surface area contributed by atoms with Crippen molar-refractivity contribution in [1.29, 1.82) is 0 Å². The van der Waals surface area contributed by atoms with Crippen LogP contribution in [0.1, 0.15) is 32.3 Å². The van der Waals surface area contributed by atoms with Crippen LogP contribution in [-0.4, -0.2) is 53.0 Å². The number of nitrogens with zero attached hydrogens (tertiary/aromatic N) is 3. The van der Waals surface area contributed by atoms with Crippen LogP contribution in [-0.2, 0) is 14.4 Å². The lowest BCUT2D eigenvalue weighted by molar-refractivity contribution is -0.384. The van der Waals surface area contributed by atoms with Gasteiger partial charge in [0, 0.05) is 36.2 Å². The van der Waals surface area contributed by atoms with Crippen LogP contribution in [0.3, 0.4) is 0 Å². The van der Waals surface area contributed by atoms with Crippen LogP contribution in [0.25, 0.3) is 5.70 Å². The van der Waals surface area contributed by atoms with Gasteiger partial charge >= 0.3 is 0 Å². The number of hydroxylamine groups is 2. The molecule has 1 fully saturated rings. The first-order valence-electron chi connectivity index (χ1n) is 8.56. The Morgan fingerprint density at radius 3 is 2.74 bits per heavy atom. The number of carbonyl (C=O) groups excluding carboxylic acids is 2. The zero-order valence-corrected chi connectivity index (χ0v) is 15.4. The van der Waals surface area contributed by atoms with Gasteiger partial charge in [0.1, 0.15) is 11.4 Å². The zero-order valence-electron chi connectivity index (χ0n) is 15.4. The Hall–Kier alpha value is -2.94. The van der Waals surface area contributed by atoms with Gasteiger partial charge in [0.25, 0.3) is 5.69 Å². The van der Waals surface area contributed by atoms with E-state index in [2.05, 4.69) is 0 Å². The normalized spacial score (nSPS) is 18.2. The molecule has 144 valence electrons. The van der Waals surface area contributed by atoms with Crippen molar-refractivity contribution in [2.45, 2.75) is 32.3 Å². The summed E-state index contributed by atoms with van der Waals surface area (Å²) >= 11 is 0. The summed E-state index contributed by atoms with van der Waals surface area (Å²) in [4.78, 5) is 41.2. The highest BCUT2D eigenvalue weighted by Crippen LogP contribution is 2.45. The third-order valence-electron chi connectivity index (χ3n) is 4.82. The lowest BCUT2D eigenvalue weighted by Crippen LogP contribution is -2.43. The third kappa shape index (κ3) is 3.37. The Morgan fingerprint density at radius 1 is 1.44 bits per heavy atom. The summed E-state index contributed by atoms with van der Waals surface area (Å²) in [6.07, 6.45) is 1.64. The minimum Gasteiger partial charge on any atom is -0.483 e. The standard InChI is InChI=1S/C18H21N3O6/c1-18(2)14(10-19(11-22)26-3)17(20-8-4-5-16(20)23)13-9-12(21(24)25)6-7-15(13)27-18/h6-7,9,11H,4-5,8,10H2,1-3H3. The molecule has 9 nitrogen and oxygen atoms in total. The number of hydrogen-bond donors (Lipinski definition) is 0. The highest BCUT2D eigenvalue weighted by molar-refractivity contribution is 5.92. The van der Waals surface area contributed by atoms with Crippen molar-refractivity contribution < 1.29 is 24.1 Å². The first-order chi connectivity index (χ1) is 12.8. The summed E-state index contributed by atoms with van der Waals surface area (Å²) in [6, 6.07) is 4.32. The Labute approximate surface area is 156 Å². The predicted molar refractivity (Wildman–Crippen MR) is 95.4 cm³/mol. The first kappa shape index (κ1) is 18.8. The summed E-state index contributed by atoms with van der Waals surface area (Å²) < 4.78 is 6.07. The second-order valence-electron chi connectivity index (χ2n) is 6.89. The van der Waals surface area contributed by atoms with Crippen molar-refractivity contribution in [2.75, 3.05) is 20.2 Å². The van der Waals surface area contributed by atoms with Crippen LogP contribution < -0.4 is 4.74 Å². The molecule has 2 heterocycles. The summed E-state index contributed by atoms with van der Waals surface area (Å²) in [5.74, 6) is 0.395. The van der Waals surface area contributed by atoms with Gasteiger partial charge < -0.3 is 9.64 Å². The summed E-state index contributed by atoms with van der Waals surface area (Å²) in [6.45, 7) is 4.22. The second kappa shape index (κ2) is 6.99. The van der Waals surface area contributed by atoms with E-state index in [4.69, 9.17) is 9.57 Å². The topological polar surface area (TPSA) is 102 Å². The Bertz CT molecular complexity index is 832. The van der Waals surface area contributed by atoms with Crippen molar-refractivity contribution in [3.8, 4) is 5.75 Å². The van der Waals surface area contributed by atoms with Crippen molar-refractivity contribution >= 4 is 23.7 Å². The average molecular weight is 375 g/mol. The Balaban J connectivity index is 2.24. The van der Waals surface area contributed by atoms with Gasteiger partial charge in [0.15, 0.2) is 0 Å². The van der Waals surface area contributed by atoms with Gasteiger partial charge in [-0.15, -0.1) is 0 Å². The maximum Gasteiger partial charge on any atom is 0.270 e. The van der Waals surface area contributed by atoms with Gasteiger partial charge in [-0.2, -0.15) is 0 Å². The van der Waals surface area contributed by atoms with E-state index in [9.17, 15) is 19.7 Å². The lowest BCUT2D eigenvalue weighted by Gasteiger charge is -2.40. The van der Waals surface area contributed by atoms with E-state index in [1.54, 1.807) is 11.0 Å². The molecule has 0 saturated carbocycles. The molecule has 0 unspecified atom stereocenters. The van der Waals surface area contributed by atoms with Gasteiger partial charge in [0.05, 0.1) is 24.3 Å². The van der Waals surface area contributed by atoms with E-state index >= 15 is 0 Å². The van der Waals surface area contributed by atoms with E-state index in [0.29, 0.717) is 48.4 Å². The summed E-state index contributed by atoms with van der Waals surface area (Å²) in [7, 11) is 1.37. The molecule has 1 aromatic carbocycles. The van der Waals surface area contributed by atoms with Crippen LogP contribution >= 0.6 is 0 Å². The van der Waals surface area contributed by atoms with Crippen LogP contribution in [0.15, 0.2) is 23.8 Å². The maximum absolute atomic E-state index is 12.5. The molecule has 0 aliphatic carbocycles. The number of nitro benzene ring substituents is 1. The number of rotatable bonds is 6. The monoisotopic (exact) mass is 375 g/mol. The number of hydrogen-bond acceptors (Lipinski definition) is 6. The van der Waals surface area contributed by atoms with E-state index in [-0.39, 0.29) is 18.1 Å². The van der Waals surface area contributed by atoms with Crippen molar-refractivity contribution in [1.82, 2.24) is 9.96 Å². The summed E-state index contributed by atoms with van der Waals surface area (Å²) in [5.41, 5.74) is 0.715. The number of likely N-dealkylation sites (tertiary alicyclic amines) is 1. The first-order valence-corrected chi connectivity index (χ1v) is 8.56. The van der Waals surface area contributed by atoms with Gasteiger partial charge in [-0.05, 0) is 26.3 Å². The molecule has 0 atom stereocenters. The Morgan fingerprint density at radius 2 is 2.19 bits per heavy atom. The number of non-ortho nitro benzene ring substituents is 1. The molecule has 9 heteroatoms. The number of fused-ring (bicyclic) bond motifs is 1. The molecular weight excluding hydrogens is 354 g/mol. The van der Waals surface area contributed by atoms with Crippen LogP contribution in [0.4, 0.5) is 5.69 Å². The zero-order chi connectivity index (χ0) is 19.8. The van der Waals surface area contributed by atoms with E-state index in [0.717, 1.165) is 5.06 Å². The minimum absolute atomic E-state index is 0.0623. The second-order valence-corrected chi connectivity index (χ2v) is 6.89. The fourth-order valence-electron chi connectivity index (χ4n) is 3.45. The third-order valence-corrected chi connectivity index (χ3v) is 4.82. The van der Waals surface area contributed by atoms with Gasteiger partial charge in [0.2, 0.25) is 12.3 Å². The quantitative estimate of drug-likeness (QED) is 0.429. The molecule has 0 aromatic heterocycles. The highest BCUT2D eigenvalue weighted by Gasteiger charge is 2.41. The molecule has 0 spiro atoms. The number of carbonyl (C=O) groups is 2. The van der Waals surface area contributed by atoms with E-state index < -0.39 is 10.5 Å². The molecule has 3 rings (SSSR count). The molecule has 1 saturated heterocycles. The fourth-order valence-corrected chi connectivity index (χ4v) is 3.45. The smallest absolute Gasteiger partial charge is 0.270 e. The highest BCUT2D eigenvalue weighted by atomic mass is 16.7. The average Bonchev–Trinajstić information content (AvgIpc) is 3.04. The van der Waals surface area contributed by atoms with E-state index in [1.807, 2.05) is 13.8 Å². The van der Waals surface area contributed by atoms with E-state index in [1.165, 1.54) is 19.2 Å². The molecule has 2 amide bonds. The fraction of sp³-hybridized carbons (Fsp3) is 0.444. The molecule has 1 aromatic rings. The number of ether oxygens (including phenoxy) is 1. The molecule has 2 aliphatic heterocycles. The number of nitro groups is 1. The molecule has 0 N–H and O–H groups in total. The van der Waals surface area contributed by atoms with Crippen LogP contribution in [0.2, 0.25) is 0 Å². The minimum atomic E-state index is -0.846. The van der Waals surface area contributed by atoms with Crippen LogP contribution in [0.5, 0.6) is 5.75 Å². The van der Waals surface area contributed by atoms with Gasteiger partial charge in [-0.25, -0.2) is 5.06 Å². The Kier molecular flexibility index (Phi) is 4.88. The predicted octanol–water partition coefficient (Wildman–Crippen LogP) is 2.12. The van der Waals surface area contributed by atoms with Crippen molar-refractivity contribution in [2.24, 2.45) is 0 Å². The molecule has 0 radical (unpaired) electrons. The molecule has 0 bridgehead atoms. The van der Waals surface area contributed by atoms with Crippen molar-refractivity contribution in [3.05, 3.63) is 39.4 Å². The lowest BCUT2D eigenvalue weighted by atomic mass is 9.88. The number of amides is 2.